The maximum Gasteiger partial charge on any atom is 0.267 e. The molecular weight excluding hydrogens is 421 g/mol. The Labute approximate surface area is 181 Å². The van der Waals surface area contributed by atoms with E-state index in [1.54, 1.807) is 35.2 Å². The molecule has 1 unspecified atom stereocenters. The van der Waals surface area contributed by atoms with Crippen LogP contribution in [-0.4, -0.2) is 61.7 Å². The number of benzene rings is 2. The van der Waals surface area contributed by atoms with Crippen LogP contribution in [0.25, 0.3) is 0 Å². The highest BCUT2D eigenvalue weighted by molar-refractivity contribution is 7.89. The van der Waals surface area contributed by atoms with Gasteiger partial charge in [0.05, 0.1) is 10.6 Å². The van der Waals surface area contributed by atoms with E-state index < -0.39 is 22.0 Å². The average Bonchev–Trinajstić information content (AvgIpc) is 3.16. The predicted molar refractivity (Wildman–Crippen MR) is 113 cm³/mol. The van der Waals surface area contributed by atoms with Gasteiger partial charge in [0.2, 0.25) is 11.8 Å². The minimum Gasteiger partial charge on any atom is -0.366 e. The smallest absolute Gasteiger partial charge is 0.267 e. The molecule has 2 saturated heterocycles. The van der Waals surface area contributed by atoms with Gasteiger partial charge in [-0.3, -0.25) is 9.59 Å². The Balaban J connectivity index is 1.50. The number of nitrogens with zero attached hydrogens (tertiary/aromatic N) is 3. The molecule has 0 aliphatic carbocycles. The van der Waals surface area contributed by atoms with Crippen molar-refractivity contribution in [2.24, 2.45) is 0 Å². The van der Waals surface area contributed by atoms with E-state index in [0.29, 0.717) is 31.9 Å². The Kier molecular flexibility index (Phi) is 5.70. The molecule has 2 amide bonds. The Bertz CT molecular complexity index is 1100. The maximum absolute atomic E-state index is 14.1. The third kappa shape index (κ3) is 4.01. The highest BCUT2D eigenvalue weighted by atomic mass is 32.2. The number of carbonyl (C=O) groups is 2. The lowest BCUT2D eigenvalue weighted by atomic mass is 10.1. The number of para-hydroxylation sites is 1. The SMILES string of the molecule is Cc1ccc(S(=O)(=O)N2C(=O)CCC2C(=O)N2CCN(c3ccccc3F)CC2)cc1. The lowest BCUT2D eigenvalue weighted by molar-refractivity contribution is -0.138. The van der Waals surface area contributed by atoms with Crippen LogP contribution in [0.15, 0.2) is 53.4 Å². The molecule has 2 aromatic carbocycles. The van der Waals surface area contributed by atoms with Crippen molar-refractivity contribution in [2.75, 3.05) is 31.1 Å². The van der Waals surface area contributed by atoms with E-state index >= 15 is 0 Å². The van der Waals surface area contributed by atoms with Gasteiger partial charge in [-0.25, -0.2) is 17.1 Å². The predicted octanol–water partition coefficient (Wildman–Crippen LogP) is 2.16. The van der Waals surface area contributed by atoms with Crippen molar-refractivity contribution in [1.82, 2.24) is 9.21 Å². The molecule has 2 heterocycles. The van der Waals surface area contributed by atoms with Crippen molar-refractivity contribution in [3.8, 4) is 0 Å². The molecular formula is C22H24FN3O4S. The molecule has 0 saturated carbocycles. The number of rotatable bonds is 4. The van der Waals surface area contributed by atoms with Crippen LogP contribution in [0, 0.1) is 12.7 Å². The number of hydrogen-bond acceptors (Lipinski definition) is 5. The van der Waals surface area contributed by atoms with Gasteiger partial charge in [0.1, 0.15) is 11.9 Å². The van der Waals surface area contributed by atoms with E-state index in [9.17, 15) is 22.4 Å². The largest absolute Gasteiger partial charge is 0.366 e. The number of sulfonamides is 1. The molecule has 7 nitrogen and oxygen atoms in total. The number of carbonyl (C=O) groups excluding carboxylic acids is 2. The van der Waals surface area contributed by atoms with E-state index in [4.69, 9.17) is 0 Å². The standard InChI is InChI=1S/C22H24FN3O4S/c1-16-6-8-17(9-7-16)31(29,30)26-20(10-11-21(26)27)22(28)25-14-12-24(13-15-25)19-5-3-2-4-18(19)23/h2-9,20H,10-15H2,1H3. The van der Waals surface area contributed by atoms with Crippen LogP contribution in [-0.2, 0) is 19.6 Å². The van der Waals surface area contributed by atoms with Crippen LogP contribution in [0.5, 0.6) is 0 Å². The zero-order valence-electron chi connectivity index (χ0n) is 17.2. The summed E-state index contributed by atoms with van der Waals surface area (Å²) in [5.41, 5.74) is 1.38. The Morgan fingerprint density at radius 1 is 1.00 bits per heavy atom. The molecule has 9 heteroatoms. The Morgan fingerprint density at radius 2 is 1.65 bits per heavy atom. The van der Waals surface area contributed by atoms with Gasteiger partial charge >= 0.3 is 0 Å². The molecule has 0 radical (unpaired) electrons. The third-order valence-corrected chi connectivity index (χ3v) is 7.65. The topological polar surface area (TPSA) is 78.0 Å². The average molecular weight is 446 g/mol. The van der Waals surface area contributed by atoms with Gasteiger partial charge in [0.25, 0.3) is 10.0 Å². The summed E-state index contributed by atoms with van der Waals surface area (Å²) in [6, 6.07) is 11.6. The Morgan fingerprint density at radius 3 is 2.29 bits per heavy atom. The van der Waals surface area contributed by atoms with E-state index in [0.717, 1.165) is 9.87 Å². The molecule has 2 aliphatic heterocycles. The monoisotopic (exact) mass is 445 g/mol. The molecule has 2 aromatic rings. The van der Waals surface area contributed by atoms with E-state index in [1.165, 1.54) is 18.2 Å². The van der Waals surface area contributed by atoms with Crippen LogP contribution >= 0.6 is 0 Å². The third-order valence-electron chi connectivity index (χ3n) is 5.81. The molecule has 31 heavy (non-hydrogen) atoms. The lowest BCUT2D eigenvalue weighted by Crippen LogP contribution is -2.55. The number of amides is 2. The molecule has 2 fully saturated rings. The molecule has 0 bridgehead atoms. The summed E-state index contributed by atoms with van der Waals surface area (Å²) < 4.78 is 41.0. The van der Waals surface area contributed by atoms with Crippen molar-refractivity contribution in [1.29, 1.82) is 0 Å². The summed E-state index contributed by atoms with van der Waals surface area (Å²) in [7, 11) is -4.12. The fourth-order valence-electron chi connectivity index (χ4n) is 4.10. The summed E-state index contributed by atoms with van der Waals surface area (Å²) in [6.07, 6.45) is 0.174. The molecule has 0 spiro atoms. The van der Waals surface area contributed by atoms with Crippen molar-refractivity contribution in [3.05, 3.63) is 59.9 Å². The second kappa shape index (κ2) is 8.30. The summed E-state index contributed by atoms with van der Waals surface area (Å²) in [5.74, 6) is -1.27. The number of aryl methyl sites for hydroxylation is 1. The Hall–Kier alpha value is -2.94. The van der Waals surface area contributed by atoms with Crippen LogP contribution < -0.4 is 4.90 Å². The summed E-state index contributed by atoms with van der Waals surface area (Å²) in [5, 5.41) is 0. The molecule has 2 aliphatic rings. The number of halogens is 1. The first-order chi connectivity index (χ1) is 14.8. The molecule has 0 aromatic heterocycles. The van der Waals surface area contributed by atoms with Gasteiger partial charge in [-0.2, -0.15) is 0 Å². The highest BCUT2D eigenvalue weighted by Gasteiger charge is 2.45. The number of piperazine rings is 1. The van der Waals surface area contributed by atoms with Crippen molar-refractivity contribution >= 4 is 27.5 Å². The zero-order chi connectivity index (χ0) is 22.2. The van der Waals surface area contributed by atoms with Gasteiger partial charge in [0.15, 0.2) is 0 Å². The van der Waals surface area contributed by atoms with Gasteiger partial charge in [-0.1, -0.05) is 29.8 Å². The first kappa shape index (κ1) is 21.3. The minimum absolute atomic E-state index is 0.00415. The zero-order valence-corrected chi connectivity index (χ0v) is 18.0. The minimum atomic E-state index is -4.12. The van der Waals surface area contributed by atoms with Gasteiger partial charge in [0, 0.05) is 32.6 Å². The van der Waals surface area contributed by atoms with E-state index in [2.05, 4.69) is 0 Å². The van der Waals surface area contributed by atoms with Crippen LogP contribution in [0.3, 0.4) is 0 Å². The second-order valence-corrected chi connectivity index (χ2v) is 9.64. The molecule has 0 N–H and O–H groups in total. The van der Waals surface area contributed by atoms with Crippen molar-refractivity contribution in [3.63, 3.8) is 0 Å². The van der Waals surface area contributed by atoms with E-state index in [1.807, 2.05) is 11.8 Å². The van der Waals surface area contributed by atoms with Gasteiger partial charge < -0.3 is 9.80 Å². The van der Waals surface area contributed by atoms with Crippen molar-refractivity contribution in [2.45, 2.75) is 30.7 Å². The summed E-state index contributed by atoms with van der Waals surface area (Å²) in [6.45, 7) is 3.35. The van der Waals surface area contributed by atoms with E-state index in [-0.39, 0.29) is 29.5 Å². The van der Waals surface area contributed by atoms with Crippen LogP contribution in [0.4, 0.5) is 10.1 Å². The normalized spacial score (nSPS) is 19.7. The molecule has 4 rings (SSSR count). The highest BCUT2D eigenvalue weighted by Crippen LogP contribution is 2.29. The molecule has 1 atom stereocenters. The summed E-state index contributed by atoms with van der Waals surface area (Å²) in [4.78, 5) is 29.1. The maximum atomic E-state index is 14.1. The van der Waals surface area contributed by atoms with Gasteiger partial charge in [-0.05, 0) is 37.6 Å². The fraction of sp³-hybridized carbons (Fsp3) is 0.364. The first-order valence-electron chi connectivity index (χ1n) is 10.2. The summed E-state index contributed by atoms with van der Waals surface area (Å²) >= 11 is 0. The number of hydrogen-bond donors (Lipinski definition) is 0. The lowest BCUT2D eigenvalue weighted by Gasteiger charge is -2.38. The quantitative estimate of drug-likeness (QED) is 0.721. The fourth-order valence-corrected chi connectivity index (χ4v) is 5.69. The van der Waals surface area contributed by atoms with Crippen LogP contribution in [0.2, 0.25) is 0 Å². The first-order valence-corrected chi connectivity index (χ1v) is 11.7. The van der Waals surface area contributed by atoms with Gasteiger partial charge in [-0.15, -0.1) is 0 Å². The molecule has 164 valence electrons. The van der Waals surface area contributed by atoms with Crippen LogP contribution in [0.1, 0.15) is 18.4 Å². The van der Waals surface area contributed by atoms with Crippen molar-refractivity contribution < 1.29 is 22.4 Å². The second-order valence-electron chi connectivity index (χ2n) is 7.83. The number of anilines is 1.